The summed E-state index contributed by atoms with van der Waals surface area (Å²) in [4.78, 5) is 11.5. The molecular weight excluding hydrogens is 296 g/mol. The molecule has 2 aliphatic rings. The molecule has 0 aliphatic heterocycles. The van der Waals surface area contributed by atoms with Crippen LogP contribution in [0.3, 0.4) is 0 Å². The van der Waals surface area contributed by atoms with Crippen LogP contribution in [0, 0.1) is 17.8 Å². The zero-order chi connectivity index (χ0) is 16.9. The normalized spacial score (nSPS) is 30.8. The predicted octanol–water partition coefficient (Wildman–Crippen LogP) is 5.96. The third-order valence-electron chi connectivity index (χ3n) is 6.71. The van der Waals surface area contributed by atoms with Crippen LogP contribution in [0.2, 0.25) is 0 Å². The van der Waals surface area contributed by atoms with Crippen molar-refractivity contribution in [1.82, 2.24) is 0 Å². The number of hydrogen-bond acceptors (Lipinski definition) is 2. The molecular formula is C22H32O2. The summed E-state index contributed by atoms with van der Waals surface area (Å²) in [5.74, 6) is 3.41. The minimum Gasteiger partial charge on any atom is -0.465 e. The van der Waals surface area contributed by atoms with Crippen molar-refractivity contribution in [2.45, 2.75) is 70.6 Å². The van der Waals surface area contributed by atoms with E-state index in [-0.39, 0.29) is 5.97 Å². The first-order chi connectivity index (χ1) is 11.7. The second-order valence-corrected chi connectivity index (χ2v) is 7.91. The van der Waals surface area contributed by atoms with E-state index in [1.165, 1.54) is 70.5 Å². The average Bonchev–Trinajstić information content (AvgIpc) is 2.68. The van der Waals surface area contributed by atoms with Gasteiger partial charge in [-0.3, -0.25) is 0 Å². The van der Waals surface area contributed by atoms with Crippen LogP contribution >= 0.6 is 0 Å². The number of rotatable bonds is 4. The standard InChI is InChI=1S/C22H32O2/c1-3-16-4-6-17(7-5-16)18-8-10-19(11-9-18)20-12-14-21(15-13-20)22(23)24-2/h12-19H,3-11H2,1-2H3/t16-,17-,18?,19?. The molecule has 0 heterocycles. The number of carbonyl (C=O) groups excluding carboxylic acids is 1. The molecule has 1 aromatic carbocycles. The van der Waals surface area contributed by atoms with Gasteiger partial charge < -0.3 is 4.74 Å². The zero-order valence-corrected chi connectivity index (χ0v) is 15.3. The highest BCUT2D eigenvalue weighted by Gasteiger charge is 2.30. The Bertz CT molecular complexity index is 517. The molecule has 132 valence electrons. The Kier molecular flexibility index (Phi) is 5.97. The first kappa shape index (κ1) is 17.5. The molecule has 0 bridgehead atoms. The molecule has 0 aromatic heterocycles. The number of ether oxygens (including phenoxy) is 1. The van der Waals surface area contributed by atoms with Gasteiger partial charge >= 0.3 is 5.97 Å². The zero-order valence-electron chi connectivity index (χ0n) is 15.3. The molecule has 0 N–H and O–H groups in total. The van der Waals surface area contributed by atoms with Crippen LogP contribution in [0.4, 0.5) is 0 Å². The molecule has 0 radical (unpaired) electrons. The van der Waals surface area contributed by atoms with E-state index in [1.807, 2.05) is 12.1 Å². The summed E-state index contributed by atoms with van der Waals surface area (Å²) >= 11 is 0. The molecule has 0 amide bonds. The van der Waals surface area contributed by atoms with Crippen LogP contribution < -0.4 is 0 Å². The van der Waals surface area contributed by atoms with E-state index in [9.17, 15) is 4.79 Å². The molecule has 0 spiro atoms. The van der Waals surface area contributed by atoms with Crippen molar-refractivity contribution in [3.63, 3.8) is 0 Å². The van der Waals surface area contributed by atoms with Gasteiger partial charge in [-0.15, -0.1) is 0 Å². The van der Waals surface area contributed by atoms with E-state index < -0.39 is 0 Å². The first-order valence-electron chi connectivity index (χ1n) is 9.89. The number of carbonyl (C=O) groups is 1. The minimum absolute atomic E-state index is 0.243. The summed E-state index contributed by atoms with van der Waals surface area (Å²) in [6.45, 7) is 2.35. The van der Waals surface area contributed by atoms with Crippen LogP contribution in [0.5, 0.6) is 0 Å². The van der Waals surface area contributed by atoms with E-state index in [0.717, 1.165) is 17.8 Å². The third kappa shape index (κ3) is 4.02. The van der Waals surface area contributed by atoms with E-state index in [0.29, 0.717) is 11.5 Å². The Morgan fingerprint density at radius 2 is 1.46 bits per heavy atom. The number of hydrogen-bond donors (Lipinski definition) is 0. The molecule has 2 aliphatic carbocycles. The second kappa shape index (κ2) is 8.18. The van der Waals surface area contributed by atoms with Gasteiger partial charge in [-0.25, -0.2) is 4.79 Å². The van der Waals surface area contributed by atoms with Gasteiger partial charge in [0, 0.05) is 0 Å². The van der Waals surface area contributed by atoms with Crippen molar-refractivity contribution in [1.29, 1.82) is 0 Å². The molecule has 0 atom stereocenters. The smallest absolute Gasteiger partial charge is 0.337 e. The van der Waals surface area contributed by atoms with Crippen LogP contribution in [0.25, 0.3) is 0 Å². The van der Waals surface area contributed by atoms with Crippen molar-refractivity contribution in [3.8, 4) is 0 Å². The third-order valence-corrected chi connectivity index (χ3v) is 6.71. The molecule has 0 unspecified atom stereocenters. The van der Waals surface area contributed by atoms with E-state index >= 15 is 0 Å². The highest BCUT2D eigenvalue weighted by atomic mass is 16.5. The maximum atomic E-state index is 11.5. The van der Waals surface area contributed by atoms with Crippen molar-refractivity contribution >= 4 is 5.97 Å². The maximum Gasteiger partial charge on any atom is 0.337 e. The largest absolute Gasteiger partial charge is 0.465 e. The molecule has 0 saturated heterocycles. The van der Waals surface area contributed by atoms with E-state index in [2.05, 4.69) is 19.1 Å². The summed E-state index contributed by atoms with van der Waals surface area (Å²) in [7, 11) is 1.44. The molecule has 3 rings (SSSR count). The fraction of sp³-hybridized carbons (Fsp3) is 0.682. The SMILES string of the molecule is CC[C@H]1CC[C@H](C2CCC(c3ccc(C(=O)OC)cc3)CC2)CC1. The van der Waals surface area contributed by atoms with Crippen LogP contribution in [-0.2, 0) is 4.74 Å². The lowest BCUT2D eigenvalue weighted by atomic mass is 9.68. The van der Waals surface area contributed by atoms with Crippen molar-refractivity contribution < 1.29 is 9.53 Å². The lowest BCUT2D eigenvalue weighted by Crippen LogP contribution is -2.25. The first-order valence-corrected chi connectivity index (χ1v) is 9.89. The number of benzene rings is 1. The fourth-order valence-corrected chi connectivity index (χ4v) is 5.00. The lowest BCUT2D eigenvalue weighted by Gasteiger charge is -2.38. The van der Waals surface area contributed by atoms with Gasteiger partial charge in [0.05, 0.1) is 12.7 Å². The lowest BCUT2D eigenvalue weighted by molar-refractivity contribution is 0.0600. The summed E-state index contributed by atoms with van der Waals surface area (Å²) < 4.78 is 4.78. The quantitative estimate of drug-likeness (QED) is 0.637. The predicted molar refractivity (Wildman–Crippen MR) is 98.2 cm³/mol. The number of esters is 1. The minimum atomic E-state index is -0.243. The van der Waals surface area contributed by atoms with Crippen molar-refractivity contribution in [2.75, 3.05) is 7.11 Å². The molecule has 2 fully saturated rings. The van der Waals surface area contributed by atoms with Crippen molar-refractivity contribution in [2.24, 2.45) is 17.8 Å². The van der Waals surface area contributed by atoms with E-state index in [1.54, 1.807) is 0 Å². The van der Waals surface area contributed by atoms with Crippen LogP contribution in [0.15, 0.2) is 24.3 Å². The molecule has 2 heteroatoms. The molecule has 2 saturated carbocycles. The highest BCUT2D eigenvalue weighted by molar-refractivity contribution is 5.89. The summed E-state index contributed by atoms with van der Waals surface area (Å²) in [5.41, 5.74) is 2.05. The monoisotopic (exact) mass is 328 g/mol. The van der Waals surface area contributed by atoms with Gasteiger partial charge in [0.25, 0.3) is 0 Å². The fourth-order valence-electron chi connectivity index (χ4n) is 5.00. The number of methoxy groups -OCH3 is 1. The van der Waals surface area contributed by atoms with Gasteiger partial charge in [0.15, 0.2) is 0 Å². The summed E-state index contributed by atoms with van der Waals surface area (Å²) in [6, 6.07) is 8.09. The molecule has 1 aromatic rings. The Morgan fingerprint density at radius 3 is 1.96 bits per heavy atom. The molecule has 24 heavy (non-hydrogen) atoms. The van der Waals surface area contributed by atoms with Crippen LogP contribution in [-0.4, -0.2) is 13.1 Å². The Balaban J connectivity index is 1.51. The van der Waals surface area contributed by atoms with Gasteiger partial charge in [0.1, 0.15) is 0 Å². The van der Waals surface area contributed by atoms with Gasteiger partial charge in [-0.05, 0) is 79.9 Å². The Morgan fingerprint density at radius 1 is 0.917 bits per heavy atom. The highest BCUT2D eigenvalue weighted by Crippen LogP contribution is 2.44. The maximum absolute atomic E-state index is 11.5. The Labute approximate surface area is 147 Å². The van der Waals surface area contributed by atoms with Crippen LogP contribution in [0.1, 0.15) is 86.6 Å². The summed E-state index contributed by atoms with van der Waals surface area (Å²) in [6.07, 6.45) is 12.7. The van der Waals surface area contributed by atoms with Gasteiger partial charge in [-0.2, -0.15) is 0 Å². The van der Waals surface area contributed by atoms with Gasteiger partial charge in [0.2, 0.25) is 0 Å². The average molecular weight is 328 g/mol. The summed E-state index contributed by atoms with van der Waals surface area (Å²) in [5, 5.41) is 0. The van der Waals surface area contributed by atoms with Gasteiger partial charge in [-0.1, -0.05) is 38.3 Å². The molecule has 2 nitrogen and oxygen atoms in total. The topological polar surface area (TPSA) is 26.3 Å². The second-order valence-electron chi connectivity index (χ2n) is 7.91. The Hall–Kier alpha value is -1.31. The van der Waals surface area contributed by atoms with Crippen molar-refractivity contribution in [3.05, 3.63) is 35.4 Å². The van der Waals surface area contributed by atoms with E-state index in [4.69, 9.17) is 4.74 Å².